The van der Waals surface area contributed by atoms with Crippen molar-refractivity contribution < 1.29 is 19.1 Å². The average Bonchev–Trinajstić information content (AvgIpc) is 3.14. The predicted octanol–water partition coefficient (Wildman–Crippen LogP) is 5.38. The van der Waals surface area contributed by atoms with Crippen LogP contribution in [-0.4, -0.2) is 25.1 Å². The Hall–Kier alpha value is -3.11. The van der Waals surface area contributed by atoms with Crippen LogP contribution in [-0.2, 0) is 22.4 Å². The summed E-state index contributed by atoms with van der Waals surface area (Å²) in [5.41, 5.74) is 2.07. The van der Waals surface area contributed by atoms with Gasteiger partial charge in [0, 0.05) is 4.88 Å². The van der Waals surface area contributed by atoms with Gasteiger partial charge < -0.3 is 14.8 Å². The van der Waals surface area contributed by atoms with Crippen molar-refractivity contribution >= 4 is 34.3 Å². The van der Waals surface area contributed by atoms with Gasteiger partial charge in [0.05, 0.1) is 18.8 Å². The molecule has 0 saturated heterocycles. The fraction of sp³-hybridized carbons (Fsp3) is 0.400. The van der Waals surface area contributed by atoms with E-state index in [-0.39, 0.29) is 12.2 Å². The molecule has 3 rings (SSSR count). The Morgan fingerprint density at radius 2 is 1.94 bits per heavy atom. The number of carbonyl (C=O) groups excluding carboxylic acids is 2. The molecule has 0 bridgehead atoms. The van der Waals surface area contributed by atoms with E-state index in [1.54, 1.807) is 19.1 Å². The van der Waals surface area contributed by atoms with Gasteiger partial charge in [-0.25, -0.2) is 4.79 Å². The first-order chi connectivity index (χ1) is 15.4. The molecule has 0 saturated carbocycles. The number of benzene rings is 1. The Balaban J connectivity index is 1.80. The average molecular weight is 453 g/mol. The Labute approximate surface area is 192 Å². The van der Waals surface area contributed by atoms with E-state index in [1.807, 2.05) is 18.2 Å². The number of nitriles is 1. The van der Waals surface area contributed by atoms with E-state index in [0.29, 0.717) is 28.7 Å². The standard InChI is InChI=1S/C25H28N2O4S/c1-4-30-25(29)22-20-7-5-6-8-21(20)32-24(22)27-23(28)18(14-26)13-17-9-11-19(12-10-17)31-15-16(2)3/h9-13,16H,4-8,15H2,1-3H3,(H,27,28)/b18-13-. The van der Waals surface area contributed by atoms with Crippen LogP contribution in [0.1, 0.15) is 60.0 Å². The fourth-order valence-electron chi connectivity index (χ4n) is 3.48. The zero-order chi connectivity index (χ0) is 23.1. The van der Waals surface area contributed by atoms with Gasteiger partial charge in [-0.05, 0) is 67.9 Å². The zero-order valence-electron chi connectivity index (χ0n) is 18.7. The van der Waals surface area contributed by atoms with Gasteiger partial charge in [0.2, 0.25) is 0 Å². The number of hydrogen-bond donors (Lipinski definition) is 1. The first-order valence-electron chi connectivity index (χ1n) is 10.9. The molecule has 6 nitrogen and oxygen atoms in total. The highest BCUT2D eigenvalue weighted by molar-refractivity contribution is 7.17. The maximum atomic E-state index is 12.9. The van der Waals surface area contributed by atoms with Crippen molar-refractivity contribution in [3.63, 3.8) is 0 Å². The molecular weight excluding hydrogens is 424 g/mol. The molecule has 0 spiro atoms. The molecule has 1 N–H and O–H groups in total. The van der Waals surface area contributed by atoms with Crippen LogP contribution in [0.2, 0.25) is 0 Å². The van der Waals surface area contributed by atoms with Crippen molar-refractivity contribution in [2.45, 2.75) is 46.5 Å². The first kappa shape index (κ1) is 23.6. The summed E-state index contributed by atoms with van der Waals surface area (Å²) in [5, 5.41) is 12.8. The number of esters is 1. The minimum atomic E-state index is -0.545. The number of carbonyl (C=O) groups is 2. The van der Waals surface area contributed by atoms with Crippen molar-refractivity contribution in [2.75, 3.05) is 18.5 Å². The largest absolute Gasteiger partial charge is 0.493 e. The summed E-state index contributed by atoms with van der Waals surface area (Å²) in [4.78, 5) is 26.6. The Morgan fingerprint density at radius 3 is 2.59 bits per heavy atom. The lowest BCUT2D eigenvalue weighted by Crippen LogP contribution is -2.16. The second-order valence-electron chi connectivity index (χ2n) is 8.03. The topological polar surface area (TPSA) is 88.4 Å². The number of aryl methyl sites for hydroxylation is 1. The lowest BCUT2D eigenvalue weighted by atomic mass is 9.95. The minimum Gasteiger partial charge on any atom is -0.493 e. The molecule has 32 heavy (non-hydrogen) atoms. The number of anilines is 1. The molecule has 1 heterocycles. The van der Waals surface area contributed by atoms with E-state index >= 15 is 0 Å². The van der Waals surface area contributed by atoms with Gasteiger partial charge in [-0.2, -0.15) is 5.26 Å². The maximum Gasteiger partial charge on any atom is 0.341 e. The monoisotopic (exact) mass is 452 g/mol. The molecular formula is C25H28N2O4S. The molecule has 0 unspecified atom stereocenters. The van der Waals surface area contributed by atoms with E-state index in [0.717, 1.165) is 41.9 Å². The van der Waals surface area contributed by atoms with E-state index < -0.39 is 11.9 Å². The van der Waals surface area contributed by atoms with Crippen LogP contribution in [0.25, 0.3) is 6.08 Å². The summed E-state index contributed by atoms with van der Waals surface area (Å²) >= 11 is 1.40. The Bertz CT molecular complexity index is 1050. The minimum absolute atomic E-state index is 0.0398. The van der Waals surface area contributed by atoms with Crippen LogP contribution in [0.15, 0.2) is 29.8 Å². The quantitative estimate of drug-likeness (QED) is 0.330. The van der Waals surface area contributed by atoms with Crippen LogP contribution < -0.4 is 10.1 Å². The lowest BCUT2D eigenvalue weighted by Gasteiger charge is -2.12. The van der Waals surface area contributed by atoms with Gasteiger partial charge in [0.1, 0.15) is 22.4 Å². The van der Waals surface area contributed by atoms with E-state index in [2.05, 4.69) is 19.2 Å². The van der Waals surface area contributed by atoms with E-state index in [9.17, 15) is 14.9 Å². The van der Waals surface area contributed by atoms with E-state index in [4.69, 9.17) is 9.47 Å². The van der Waals surface area contributed by atoms with Gasteiger partial charge >= 0.3 is 5.97 Å². The molecule has 1 aromatic carbocycles. The second kappa shape index (κ2) is 11.0. The molecule has 0 aliphatic heterocycles. The SMILES string of the molecule is CCOC(=O)c1c(NC(=O)/C(C#N)=C\c2ccc(OCC(C)C)cc2)sc2c1CCCC2. The molecule has 168 valence electrons. The van der Waals surface area contributed by atoms with Crippen LogP contribution in [0.3, 0.4) is 0 Å². The number of rotatable bonds is 8. The molecule has 7 heteroatoms. The number of ether oxygens (including phenoxy) is 2. The van der Waals surface area contributed by atoms with Gasteiger partial charge in [-0.1, -0.05) is 26.0 Å². The van der Waals surface area contributed by atoms with Crippen molar-refractivity contribution in [3.8, 4) is 11.8 Å². The van der Waals surface area contributed by atoms with Gasteiger partial charge in [-0.3, -0.25) is 4.79 Å². The highest BCUT2D eigenvalue weighted by atomic mass is 32.1. The Morgan fingerprint density at radius 1 is 1.22 bits per heavy atom. The predicted molar refractivity (Wildman–Crippen MR) is 126 cm³/mol. The normalized spacial score (nSPS) is 13.3. The molecule has 0 radical (unpaired) electrons. The van der Waals surface area contributed by atoms with Crippen LogP contribution in [0, 0.1) is 17.2 Å². The number of amides is 1. The van der Waals surface area contributed by atoms with Crippen molar-refractivity contribution in [1.82, 2.24) is 0 Å². The number of thiophene rings is 1. The van der Waals surface area contributed by atoms with Gasteiger partial charge in [0.25, 0.3) is 5.91 Å². The number of hydrogen-bond acceptors (Lipinski definition) is 6. The van der Waals surface area contributed by atoms with Crippen molar-refractivity contribution in [2.24, 2.45) is 5.92 Å². The zero-order valence-corrected chi connectivity index (χ0v) is 19.5. The van der Waals surface area contributed by atoms with Crippen LogP contribution in [0.4, 0.5) is 5.00 Å². The highest BCUT2D eigenvalue weighted by Crippen LogP contribution is 2.38. The summed E-state index contributed by atoms with van der Waals surface area (Å²) in [5.74, 6) is 0.186. The number of fused-ring (bicyclic) bond motifs is 1. The van der Waals surface area contributed by atoms with Gasteiger partial charge in [-0.15, -0.1) is 11.3 Å². The molecule has 1 aromatic heterocycles. The first-order valence-corrected chi connectivity index (χ1v) is 11.7. The third-order valence-corrected chi connectivity index (χ3v) is 6.22. The van der Waals surface area contributed by atoms with Crippen LogP contribution in [0.5, 0.6) is 5.75 Å². The molecule has 0 atom stereocenters. The summed E-state index contributed by atoms with van der Waals surface area (Å²) in [6.45, 7) is 6.79. The Kier molecular flexibility index (Phi) is 8.07. The summed E-state index contributed by atoms with van der Waals surface area (Å²) in [6.07, 6.45) is 5.27. The van der Waals surface area contributed by atoms with E-state index in [1.165, 1.54) is 17.4 Å². The molecule has 1 aliphatic carbocycles. The third kappa shape index (κ3) is 5.77. The number of nitrogens with one attached hydrogen (secondary N) is 1. The number of nitrogens with zero attached hydrogens (tertiary/aromatic N) is 1. The molecule has 2 aromatic rings. The summed E-state index contributed by atoms with van der Waals surface area (Å²) < 4.78 is 10.9. The fourth-order valence-corrected chi connectivity index (χ4v) is 4.75. The molecule has 1 aliphatic rings. The molecule has 1 amide bonds. The second-order valence-corrected chi connectivity index (χ2v) is 9.14. The smallest absolute Gasteiger partial charge is 0.341 e. The van der Waals surface area contributed by atoms with Crippen molar-refractivity contribution in [3.05, 3.63) is 51.4 Å². The molecule has 0 fully saturated rings. The highest BCUT2D eigenvalue weighted by Gasteiger charge is 2.27. The maximum absolute atomic E-state index is 12.9. The summed E-state index contributed by atoms with van der Waals surface area (Å²) in [7, 11) is 0. The van der Waals surface area contributed by atoms with Crippen molar-refractivity contribution in [1.29, 1.82) is 5.26 Å². The van der Waals surface area contributed by atoms with Crippen LogP contribution >= 0.6 is 11.3 Å². The summed E-state index contributed by atoms with van der Waals surface area (Å²) in [6, 6.07) is 9.19. The lowest BCUT2D eigenvalue weighted by molar-refractivity contribution is -0.112. The van der Waals surface area contributed by atoms with Gasteiger partial charge in [0.15, 0.2) is 0 Å². The third-order valence-electron chi connectivity index (χ3n) is 5.02.